The number of H-pyrrole nitrogens is 1. The molecule has 0 unspecified atom stereocenters. The molecule has 0 fully saturated rings. The van der Waals surface area contributed by atoms with Gasteiger partial charge in [-0.15, -0.1) is 0 Å². The van der Waals surface area contributed by atoms with Crippen LogP contribution in [0, 0.1) is 0 Å². The predicted molar refractivity (Wildman–Crippen MR) is 86.0 cm³/mol. The van der Waals surface area contributed by atoms with E-state index in [4.69, 9.17) is 11.6 Å². The third kappa shape index (κ3) is 2.10. The minimum absolute atomic E-state index is 0.675. The molecule has 0 aliphatic carbocycles. The van der Waals surface area contributed by atoms with E-state index in [0.717, 1.165) is 33.8 Å². The first-order valence-electron chi connectivity index (χ1n) is 6.54. The van der Waals surface area contributed by atoms with Crippen molar-refractivity contribution in [2.24, 2.45) is 4.99 Å². The largest absolute Gasteiger partial charge is 0.353 e. The van der Waals surface area contributed by atoms with Gasteiger partial charge < -0.3 is 5.32 Å². The van der Waals surface area contributed by atoms with Gasteiger partial charge in [-0.1, -0.05) is 23.7 Å². The Kier molecular flexibility index (Phi) is 2.75. The molecular weight excluding hydrogens is 284 g/mol. The van der Waals surface area contributed by atoms with Crippen molar-refractivity contribution in [2.45, 2.75) is 0 Å². The zero-order valence-corrected chi connectivity index (χ0v) is 11.7. The summed E-state index contributed by atoms with van der Waals surface area (Å²) in [7, 11) is 0. The number of aromatic amines is 1. The summed E-state index contributed by atoms with van der Waals surface area (Å²) in [5.74, 6) is 0. The van der Waals surface area contributed by atoms with Crippen molar-refractivity contribution in [1.29, 1.82) is 0 Å². The first-order valence-corrected chi connectivity index (χ1v) is 6.92. The quantitative estimate of drug-likeness (QED) is 0.541. The smallest absolute Gasteiger partial charge is 0.0879 e. The number of nitrogens with one attached hydrogen (secondary N) is 2. The number of hydrogen-bond acceptors (Lipinski definition) is 3. The minimum atomic E-state index is 0.675. The maximum atomic E-state index is 6.04. The Labute approximate surface area is 126 Å². The molecule has 4 nitrogen and oxygen atoms in total. The summed E-state index contributed by atoms with van der Waals surface area (Å²) < 4.78 is 0. The summed E-state index contributed by atoms with van der Waals surface area (Å²) in [6.07, 6.45) is 5.55. The topological polar surface area (TPSA) is 53.1 Å². The number of hydrogen-bond donors (Lipinski definition) is 2. The van der Waals surface area contributed by atoms with Gasteiger partial charge in [0, 0.05) is 34.2 Å². The SMILES string of the molecule is Clc1ccc2c(c1)N=Cc1c(cccc1-c1cn[nH]c1)N2. The highest BCUT2D eigenvalue weighted by molar-refractivity contribution is 6.31. The third-order valence-electron chi connectivity index (χ3n) is 3.48. The maximum Gasteiger partial charge on any atom is 0.0879 e. The summed E-state index contributed by atoms with van der Waals surface area (Å²) in [4.78, 5) is 4.56. The Balaban J connectivity index is 1.90. The van der Waals surface area contributed by atoms with Gasteiger partial charge in [0.2, 0.25) is 0 Å². The molecule has 0 atom stereocenters. The second-order valence-corrected chi connectivity index (χ2v) is 5.23. The van der Waals surface area contributed by atoms with Crippen LogP contribution in [0.3, 0.4) is 0 Å². The molecule has 0 bridgehead atoms. The fourth-order valence-electron chi connectivity index (χ4n) is 2.46. The average Bonchev–Trinajstić information content (AvgIpc) is 2.95. The maximum absolute atomic E-state index is 6.04. The molecule has 102 valence electrons. The molecule has 1 aromatic heterocycles. The summed E-state index contributed by atoms with van der Waals surface area (Å²) in [6, 6.07) is 11.8. The molecule has 1 aliphatic heterocycles. The van der Waals surface area contributed by atoms with Gasteiger partial charge in [-0.3, -0.25) is 10.1 Å². The van der Waals surface area contributed by atoms with E-state index in [2.05, 4.69) is 26.6 Å². The molecular formula is C16H11ClN4. The molecule has 0 radical (unpaired) electrons. The number of benzene rings is 2. The van der Waals surface area contributed by atoms with E-state index >= 15 is 0 Å². The minimum Gasteiger partial charge on any atom is -0.353 e. The normalized spacial score (nSPS) is 12.2. The predicted octanol–water partition coefficient (Wildman–Crippen LogP) is 4.54. The van der Waals surface area contributed by atoms with Gasteiger partial charge in [-0.05, 0) is 29.8 Å². The van der Waals surface area contributed by atoms with Crippen molar-refractivity contribution < 1.29 is 0 Å². The molecule has 1 aliphatic rings. The molecule has 0 spiro atoms. The Morgan fingerprint density at radius 3 is 2.86 bits per heavy atom. The lowest BCUT2D eigenvalue weighted by Gasteiger charge is -2.11. The number of aromatic nitrogens is 2. The summed E-state index contributed by atoms with van der Waals surface area (Å²) in [5.41, 5.74) is 5.93. The van der Waals surface area contributed by atoms with Crippen molar-refractivity contribution in [3.63, 3.8) is 0 Å². The van der Waals surface area contributed by atoms with Gasteiger partial charge in [0.15, 0.2) is 0 Å². The zero-order valence-electron chi connectivity index (χ0n) is 11.0. The lowest BCUT2D eigenvalue weighted by atomic mass is 10.0. The van der Waals surface area contributed by atoms with Crippen LogP contribution in [0.5, 0.6) is 0 Å². The molecule has 2 N–H and O–H groups in total. The van der Waals surface area contributed by atoms with Crippen LogP contribution in [0.4, 0.5) is 17.1 Å². The van der Waals surface area contributed by atoms with Gasteiger partial charge in [-0.2, -0.15) is 5.10 Å². The Hall–Kier alpha value is -2.59. The van der Waals surface area contributed by atoms with E-state index < -0.39 is 0 Å². The number of anilines is 2. The molecule has 2 aromatic carbocycles. The van der Waals surface area contributed by atoms with Crippen molar-refractivity contribution in [3.05, 3.63) is 59.4 Å². The molecule has 0 amide bonds. The highest BCUT2D eigenvalue weighted by atomic mass is 35.5. The molecule has 0 saturated carbocycles. The molecule has 3 aromatic rings. The van der Waals surface area contributed by atoms with Gasteiger partial charge in [0.1, 0.15) is 0 Å². The van der Waals surface area contributed by atoms with Gasteiger partial charge in [-0.25, -0.2) is 0 Å². The van der Waals surface area contributed by atoms with Crippen LogP contribution in [-0.2, 0) is 0 Å². The van der Waals surface area contributed by atoms with E-state index in [1.54, 1.807) is 6.20 Å². The molecule has 2 heterocycles. The molecule has 21 heavy (non-hydrogen) atoms. The van der Waals surface area contributed by atoms with Crippen LogP contribution in [0.1, 0.15) is 5.56 Å². The Bertz CT molecular complexity index is 837. The summed E-state index contributed by atoms with van der Waals surface area (Å²) in [6.45, 7) is 0. The van der Waals surface area contributed by atoms with Crippen LogP contribution in [-0.4, -0.2) is 16.4 Å². The first-order chi connectivity index (χ1) is 10.3. The van der Waals surface area contributed by atoms with Crippen molar-refractivity contribution >= 4 is 34.9 Å². The number of fused-ring (bicyclic) bond motifs is 2. The third-order valence-corrected chi connectivity index (χ3v) is 3.71. The summed E-state index contributed by atoms with van der Waals surface area (Å²) >= 11 is 6.04. The van der Waals surface area contributed by atoms with E-state index in [1.165, 1.54) is 0 Å². The van der Waals surface area contributed by atoms with E-state index in [9.17, 15) is 0 Å². The lowest BCUT2D eigenvalue weighted by molar-refractivity contribution is 1.09. The fraction of sp³-hybridized carbons (Fsp3) is 0. The second-order valence-electron chi connectivity index (χ2n) is 4.80. The molecule has 5 heteroatoms. The zero-order chi connectivity index (χ0) is 14.2. The standard InChI is InChI=1S/C16H11ClN4/c17-11-4-5-15-16(6-11)18-9-13-12(10-7-19-20-8-10)2-1-3-14(13)21-15/h1-9,21H,(H,19,20). The van der Waals surface area contributed by atoms with Gasteiger partial charge in [0.05, 0.1) is 17.6 Å². The van der Waals surface area contributed by atoms with Crippen LogP contribution < -0.4 is 5.32 Å². The van der Waals surface area contributed by atoms with E-state index in [1.807, 2.05) is 42.7 Å². The monoisotopic (exact) mass is 294 g/mol. The highest BCUT2D eigenvalue weighted by Crippen LogP contribution is 2.37. The second kappa shape index (κ2) is 4.75. The van der Waals surface area contributed by atoms with Crippen molar-refractivity contribution in [3.8, 4) is 11.1 Å². The van der Waals surface area contributed by atoms with E-state index in [0.29, 0.717) is 5.02 Å². The van der Waals surface area contributed by atoms with Gasteiger partial charge in [0.25, 0.3) is 0 Å². The number of nitrogens with zero attached hydrogens (tertiary/aromatic N) is 2. The van der Waals surface area contributed by atoms with Crippen LogP contribution in [0.2, 0.25) is 5.02 Å². The number of rotatable bonds is 1. The number of aliphatic imine (C=N–C) groups is 1. The average molecular weight is 295 g/mol. The highest BCUT2D eigenvalue weighted by Gasteiger charge is 2.14. The van der Waals surface area contributed by atoms with Crippen LogP contribution >= 0.6 is 11.6 Å². The van der Waals surface area contributed by atoms with Crippen molar-refractivity contribution in [1.82, 2.24) is 10.2 Å². The Morgan fingerprint density at radius 1 is 1.05 bits per heavy atom. The van der Waals surface area contributed by atoms with Gasteiger partial charge >= 0.3 is 0 Å². The van der Waals surface area contributed by atoms with Crippen LogP contribution in [0.25, 0.3) is 11.1 Å². The number of halogens is 1. The lowest BCUT2D eigenvalue weighted by Crippen LogP contribution is -1.95. The fourth-order valence-corrected chi connectivity index (χ4v) is 2.63. The first kappa shape index (κ1) is 12.2. The van der Waals surface area contributed by atoms with Crippen molar-refractivity contribution in [2.75, 3.05) is 5.32 Å². The Morgan fingerprint density at radius 2 is 2.00 bits per heavy atom. The van der Waals surface area contributed by atoms with Crippen LogP contribution in [0.15, 0.2) is 53.8 Å². The van der Waals surface area contributed by atoms with E-state index in [-0.39, 0.29) is 0 Å². The summed E-state index contributed by atoms with van der Waals surface area (Å²) in [5, 5.41) is 11.0. The molecule has 0 saturated heterocycles. The molecule has 4 rings (SSSR count).